The molecule has 1 aliphatic rings. The van der Waals surface area contributed by atoms with Gasteiger partial charge in [0, 0.05) is 31.8 Å². The maximum Gasteiger partial charge on any atom is 0.0518 e. The van der Waals surface area contributed by atoms with E-state index in [4.69, 9.17) is 4.74 Å². The Morgan fingerprint density at radius 1 is 1.22 bits per heavy atom. The molecule has 0 saturated carbocycles. The van der Waals surface area contributed by atoms with E-state index in [-0.39, 0.29) is 0 Å². The van der Waals surface area contributed by atoms with Gasteiger partial charge in [-0.05, 0) is 46.1 Å². The van der Waals surface area contributed by atoms with Crippen molar-refractivity contribution in [1.82, 2.24) is 10.2 Å². The molecule has 2 unspecified atom stereocenters. The lowest BCUT2D eigenvalue weighted by Crippen LogP contribution is -2.57. The molecule has 2 atom stereocenters. The molecule has 0 bridgehead atoms. The summed E-state index contributed by atoms with van der Waals surface area (Å²) in [5.74, 6) is 0.733. The van der Waals surface area contributed by atoms with Gasteiger partial charge in [0.2, 0.25) is 0 Å². The Kier molecular flexibility index (Phi) is 7.20. The first kappa shape index (κ1) is 15.9. The molecule has 0 aromatic carbocycles. The average molecular weight is 256 g/mol. The van der Waals surface area contributed by atoms with E-state index in [1.165, 1.54) is 25.9 Å². The number of nitrogens with one attached hydrogen (secondary N) is 1. The minimum absolute atomic E-state index is 0.368. The molecule has 108 valence electrons. The molecular formula is C15H32N2O. The Morgan fingerprint density at radius 3 is 2.56 bits per heavy atom. The van der Waals surface area contributed by atoms with Crippen LogP contribution in [0.3, 0.4) is 0 Å². The molecule has 1 saturated heterocycles. The Bertz CT molecular complexity index is 219. The molecule has 0 amide bonds. The quantitative estimate of drug-likeness (QED) is 0.708. The van der Waals surface area contributed by atoms with Gasteiger partial charge in [-0.1, -0.05) is 13.8 Å². The van der Waals surface area contributed by atoms with E-state index in [0.29, 0.717) is 18.2 Å². The Balaban J connectivity index is 2.24. The summed E-state index contributed by atoms with van der Waals surface area (Å²) >= 11 is 0. The summed E-state index contributed by atoms with van der Waals surface area (Å²) in [5, 5.41) is 3.59. The van der Waals surface area contributed by atoms with Gasteiger partial charge in [-0.25, -0.2) is 0 Å². The zero-order chi connectivity index (χ0) is 13.5. The van der Waals surface area contributed by atoms with Crippen LogP contribution in [0.5, 0.6) is 0 Å². The summed E-state index contributed by atoms with van der Waals surface area (Å²) < 4.78 is 5.60. The van der Waals surface area contributed by atoms with Gasteiger partial charge in [-0.3, -0.25) is 4.90 Å². The number of rotatable bonds is 7. The first-order valence-electron chi connectivity index (χ1n) is 7.59. The van der Waals surface area contributed by atoms with Crippen molar-refractivity contribution < 1.29 is 4.74 Å². The van der Waals surface area contributed by atoms with Crippen LogP contribution in [0.25, 0.3) is 0 Å². The smallest absolute Gasteiger partial charge is 0.0518 e. The van der Waals surface area contributed by atoms with Gasteiger partial charge < -0.3 is 10.1 Å². The Labute approximate surface area is 113 Å². The molecular weight excluding hydrogens is 224 g/mol. The fourth-order valence-electron chi connectivity index (χ4n) is 2.65. The highest BCUT2D eigenvalue weighted by Crippen LogP contribution is 2.15. The van der Waals surface area contributed by atoms with Crippen LogP contribution in [0.15, 0.2) is 0 Å². The van der Waals surface area contributed by atoms with Gasteiger partial charge in [0.05, 0.1) is 6.10 Å². The molecule has 1 N–H and O–H groups in total. The maximum atomic E-state index is 5.60. The van der Waals surface area contributed by atoms with Crippen molar-refractivity contribution in [3.05, 3.63) is 0 Å². The van der Waals surface area contributed by atoms with Gasteiger partial charge in [0.25, 0.3) is 0 Å². The summed E-state index contributed by atoms with van der Waals surface area (Å²) in [6, 6.07) is 1.33. The summed E-state index contributed by atoms with van der Waals surface area (Å²) in [6.45, 7) is 15.6. The fourth-order valence-corrected chi connectivity index (χ4v) is 2.65. The van der Waals surface area contributed by atoms with E-state index in [2.05, 4.69) is 44.8 Å². The van der Waals surface area contributed by atoms with E-state index in [1.807, 2.05) is 0 Å². The van der Waals surface area contributed by atoms with Crippen LogP contribution < -0.4 is 5.32 Å². The molecule has 18 heavy (non-hydrogen) atoms. The van der Waals surface area contributed by atoms with Crippen LogP contribution in [0.2, 0.25) is 0 Å². The summed E-state index contributed by atoms with van der Waals surface area (Å²) in [7, 11) is 0. The van der Waals surface area contributed by atoms with Crippen molar-refractivity contribution in [2.24, 2.45) is 5.92 Å². The monoisotopic (exact) mass is 256 g/mol. The van der Waals surface area contributed by atoms with Gasteiger partial charge >= 0.3 is 0 Å². The number of nitrogens with zero attached hydrogens (tertiary/aromatic N) is 1. The number of hydrogen-bond donors (Lipinski definition) is 1. The van der Waals surface area contributed by atoms with Crippen molar-refractivity contribution in [2.45, 2.75) is 65.6 Å². The number of unbranched alkanes of at least 4 members (excludes halogenated alkanes) is 1. The minimum atomic E-state index is 0.368. The van der Waals surface area contributed by atoms with E-state index in [1.54, 1.807) is 0 Å². The highest BCUT2D eigenvalue weighted by atomic mass is 16.5. The number of ether oxygens (including phenoxy) is 1. The zero-order valence-electron chi connectivity index (χ0n) is 12.9. The SMILES string of the molecule is CC1CN(CCCCOC(C)C)C(C(C)C)CN1. The highest BCUT2D eigenvalue weighted by Gasteiger charge is 2.27. The number of hydrogen-bond acceptors (Lipinski definition) is 3. The molecule has 3 heteroatoms. The molecule has 0 radical (unpaired) electrons. The normalized spacial score (nSPS) is 26.2. The molecule has 0 spiro atoms. The topological polar surface area (TPSA) is 24.5 Å². The average Bonchev–Trinajstić information content (AvgIpc) is 2.27. The van der Waals surface area contributed by atoms with E-state index < -0.39 is 0 Å². The predicted molar refractivity (Wildman–Crippen MR) is 78.0 cm³/mol. The van der Waals surface area contributed by atoms with Crippen molar-refractivity contribution in [1.29, 1.82) is 0 Å². The van der Waals surface area contributed by atoms with Gasteiger partial charge in [-0.15, -0.1) is 0 Å². The Hall–Kier alpha value is -0.120. The van der Waals surface area contributed by atoms with Gasteiger partial charge in [0.1, 0.15) is 0 Å². The third-order valence-corrected chi connectivity index (χ3v) is 3.71. The van der Waals surface area contributed by atoms with Crippen molar-refractivity contribution in [3.8, 4) is 0 Å². The summed E-state index contributed by atoms with van der Waals surface area (Å²) in [4.78, 5) is 2.67. The molecule has 1 heterocycles. The lowest BCUT2D eigenvalue weighted by molar-refractivity contribution is 0.0666. The van der Waals surface area contributed by atoms with E-state index in [9.17, 15) is 0 Å². The van der Waals surface area contributed by atoms with Crippen molar-refractivity contribution in [2.75, 3.05) is 26.2 Å². The molecule has 1 aliphatic heterocycles. The second-order valence-electron chi connectivity index (χ2n) is 6.24. The maximum absolute atomic E-state index is 5.60. The molecule has 3 nitrogen and oxygen atoms in total. The predicted octanol–water partition coefficient (Wildman–Crippen LogP) is 2.51. The molecule has 1 fully saturated rings. The molecule has 0 aromatic rings. The minimum Gasteiger partial charge on any atom is -0.379 e. The largest absolute Gasteiger partial charge is 0.379 e. The van der Waals surface area contributed by atoms with Crippen LogP contribution >= 0.6 is 0 Å². The lowest BCUT2D eigenvalue weighted by Gasteiger charge is -2.41. The van der Waals surface area contributed by atoms with Crippen LogP contribution in [-0.4, -0.2) is 49.3 Å². The first-order chi connectivity index (χ1) is 8.50. The fraction of sp³-hybridized carbons (Fsp3) is 1.00. The van der Waals surface area contributed by atoms with Crippen molar-refractivity contribution >= 4 is 0 Å². The standard InChI is InChI=1S/C15H32N2O/c1-12(2)15-10-16-14(5)11-17(15)8-6-7-9-18-13(3)4/h12-16H,6-11H2,1-5H3. The van der Waals surface area contributed by atoms with Crippen LogP contribution in [0.1, 0.15) is 47.5 Å². The zero-order valence-corrected chi connectivity index (χ0v) is 12.9. The van der Waals surface area contributed by atoms with Crippen LogP contribution in [0, 0.1) is 5.92 Å². The molecule has 1 rings (SSSR count). The summed E-state index contributed by atoms with van der Waals surface area (Å²) in [5.41, 5.74) is 0. The Morgan fingerprint density at radius 2 is 1.94 bits per heavy atom. The third kappa shape index (κ3) is 5.68. The number of piperazine rings is 1. The first-order valence-corrected chi connectivity index (χ1v) is 7.59. The molecule has 0 aromatic heterocycles. The van der Waals surface area contributed by atoms with Crippen molar-refractivity contribution in [3.63, 3.8) is 0 Å². The van der Waals surface area contributed by atoms with Crippen LogP contribution in [0.4, 0.5) is 0 Å². The van der Waals surface area contributed by atoms with Gasteiger partial charge in [-0.2, -0.15) is 0 Å². The second kappa shape index (κ2) is 8.13. The van der Waals surface area contributed by atoms with Gasteiger partial charge in [0.15, 0.2) is 0 Å². The second-order valence-corrected chi connectivity index (χ2v) is 6.24. The van der Waals surface area contributed by atoms with E-state index >= 15 is 0 Å². The third-order valence-electron chi connectivity index (χ3n) is 3.71. The van der Waals surface area contributed by atoms with E-state index in [0.717, 1.165) is 19.1 Å². The lowest BCUT2D eigenvalue weighted by atomic mass is 9.98. The summed E-state index contributed by atoms with van der Waals surface area (Å²) in [6.07, 6.45) is 2.80. The molecule has 0 aliphatic carbocycles. The van der Waals surface area contributed by atoms with Crippen LogP contribution in [-0.2, 0) is 4.74 Å². The highest BCUT2D eigenvalue weighted by molar-refractivity contribution is 4.85.